The number of anilines is 1. The number of morpholine rings is 1. The number of para-hydroxylation sites is 2. The van der Waals surface area contributed by atoms with E-state index in [1.54, 1.807) is 35.2 Å². The number of ether oxygens (including phenoxy) is 2. The predicted molar refractivity (Wildman–Crippen MR) is 103 cm³/mol. The smallest absolute Gasteiger partial charge is 0.262 e. The van der Waals surface area contributed by atoms with Gasteiger partial charge in [0.2, 0.25) is 0 Å². The number of amides is 2. The van der Waals surface area contributed by atoms with Gasteiger partial charge in [-0.1, -0.05) is 24.3 Å². The number of rotatable bonds is 5. The van der Waals surface area contributed by atoms with Crippen LogP contribution >= 0.6 is 0 Å². The molecule has 0 aromatic heterocycles. The van der Waals surface area contributed by atoms with Gasteiger partial charge in [-0.3, -0.25) is 9.59 Å². The van der Waals surface area contributed by atoms with Gasteiger partial charge in [0.05, 0.1) is 23.5 Å². The van der Waals surface area contributed by atoms with Gasteiger partial charge in [0.1, 0.15) is 11.6 Å². The lowest BCUT2D eigenvalue weighted by Crippen LogP contribution is -2.48. The van der Waals surface area contributed by atoms with E-state index in [2.05, 4.69) is 5.32 Å². The molecule has 28 heavy (non-hydrogen) atoms. The van der Waals surface area contributed by atoms with Crippen molar-refractivity contribution in [3.05, 3.63) is 59.9 Å². The van der Waals surface area contributed by atoms with Crippen molar-refractivity contribution in [2.75, 3.05) is 25.0 Å². The first-order valence-corrected chi connectivity index (χ1v) is 9.15. The molecule has 0 bridgehead atoms. The summed E-state index contributed by atoms with van der Waals surface area (Å²) in [5.41, 5.74) is 0.458. The van der Waals surface area contributed by atoms with Crippen molar-refractivity contribution < 1.29 is 23.5 Å². The Kier molecular flexibility index (Phi) is 6.26. The number of nitrogens with one attached hydrogen (secondary N) is 1. The fraction of sp³-hybridized carbons (Fsp3) is 0.333. The number of nitrogens with zero attached hydrogens (tertiary/aromatic N) is 1. The molecule has 2 aromatic rings. The van der Waals surface area contributed by atoms with Gasteiger partial charge in [-0.15, -0.1) is 0 Å². The maximum Gasteiger partial charge on any atom is 0.262 e. The van der Waals surface area contributed by atoms with Crippen LogP contribution in [-0.2, 0) is 9.53 Å². The zero-order chi connectivity index (χ0) is 20.1. The molecule has 2 amide bonds. The Morgan fingerprint density at radius 2 is 1.75 bits per heavy atom. The third kappa shape index (κ3) is 4.86. The molecule has 2 atom stereocenters. The number of hydrogen-bond acceptors (Lipinski definition) is 4. The van der Waals surface area contributed by atoms with E-state index in [1.807, 2.05) is 13.8 Å². The van der Waals surface area contributed by atoms with E-state index in [1.165, 1.54) is 18.2 Å². The van der Waals surface area contributed by atoms with Gasteiger partial charge in [-0.25, -0.2) is 4.39 Å². The zero-order valence-corrected chi connectivity index (χ0v) is 15.9. The number of benzene rings is 2. The molecular weight excluding hydrogens is 363 g/mol. The molecule has 1 N–H and O–H groups in total. The average molecular weight is 386 g/mol. The molecule has 0 spiro atoms. The minimum absolute atomic E-state index is 0.0488. The van der Waals surface area contributed by atoms with Crippen LogP contribution in [0.5, 0.6) is 5.75 Å². The molecule has 7 heteroatoms. The Morgan fingerprint density at radius 3 is 2.46 bits per heavy atom. The van der Waals surface area contributed by atoms with E-state index in [4.69, 9.17) is 9.47 Å². The van der Waals surface area contributed by atoms with Crippen LogP contribution in [0.2, 0.25) is 0 Å². The molecule has 0 saturated carbocycles. The van der Waals surface area contributed by atoms with E-state index in [9.17, 15) is 14.0 Å². The van der Waals surface area contributed by atoms with Gasteiger partial charge in [0, 0.05) is 13.1 Å². The van der Waals surface area contributed by atoms with Gasteiger partial charge in [-0.2, -0.15) is 0 Å². The van der Waals surface area contributed by atoms with Crippen LogP contribution in [0.3, 0.4) is 0 Å². The summed E-state index contributed by atoms with van der Waals surface area (Å²) in [7, 11) is 0. The largest absolute Gasteiger partial charge is 0.483 e. The summed E-state index contributed by atoms with van der Waals surface area (Å²) in [6.45, 7) is 4.49. The third-order valence-corrected chi connectivity index (χ3v) is 4.33. The summed E-state index contributed by atoms with van der Waals surface area (Å²) >= 11 is 0. The molecule has 1 heterocycles. The summed E-state index contributed by atoms with van der Waals surface area (Å²) in [6, 6.07) is 12.7. The topological polar surface area (TPSA) is 67.9 Å². The summed E-state index contributed by atoms with van der Waals surface area (Å²) in [5.74, 6) is -0.905. The quantitative estimate of drug-likeness (QED) is 0.858. The van der Waals surface area contributed by atoms with Crippen LogP contribution in [0.1, 0.15) is 24.2 Å². The second-order valence-corrected chi connectivity index (χ2v) is 6.78. The fourth-order valence-corrected chi connectivity index (χ4v) is 3.18. The first-order valence-electron chi connectivity index (χ1n) is 9.15. The van der Waals surface area contributed by atoms with Crippen LogP contribution in [0, 0.1) is 5.82 Å². The van der Waals surface area contributed by atoms with Gasteiger partial charge in [-0.05, 0) is 38.1 Å². The second kappa shape index (κ2) is 8.84. The lowest BCUT2D eigenvalue weighted by atomic mass is 10.1. The summed E-state index contributed by atoms with van der Waals surface area (Å²) in [6.07, 6.45) is -0.0975. The molecule has 1 fully saturated rings. The Morgan fingerprint density at radius 1 is 1.11 bits per heavy atom. The van der Waals surface area contributed by atoms with Crippen molar-refractivity contribution in [3.8, 4) is 5.75 Å². The fourth-order valence-electron chi connectivity index (χ4n) is 3.18. The number of hydrogen-bond donors (Lipinski definition) is 1. The maximum atomic E-state index is 13.6. The van der Waals surface area contributed by atoms with Crippen LogP contribution in [0.15, 0.2) is 48.5 Å². The monoisotopic (exact) mass is 386 g/mol. The van der Waals surface area contributed by atoms with Gasteiger partial charge in [0.15, 0.2) is 6.61 Å². The van der Waals surface area contributed by atoms with Gasteiger partial charge in [0.25, 0.3) is 11.8 Å². The van der Waals surface area contributed by atoms with Crippen LogP contribution < -0.4 is 10.1 Å². The van der Waals surface area contributed by atoms with E-state index in [-0.39, 0.29) is 30.4 Å². The van der Waals surface area contributed by atoms with Crippen LogP contribution in [0.25, 0.3) is 0 Å². The molecule has 1 aliphatic rings. The van der Waals surface area contributed by atoms with E-state index >= 15 is 0 Å². The highest BCUT2D eigenvalue weighted by Crippen LogP contribution is 2.22. The molecule has 1 saturated heterocycles. The molecule has 1 aliphatic heterocycles. The standard InChI is InChI=1S/C21H23FN2O4/c1-14-11-24(12-15(2)28-14)21(26)16-7-3-6-10-19(16)27-13-20(25)23-18-9-5-4-8-17(18)22/h3-10,14-15H,11-13H2,1-2H3,(H,23,25). The Bertz CT molecular complexity index is 848. The molecule has 2 aromatic carbocycles. The van der Waals surface area contributed by atoms with Crippen molar-refractivity contribution in [1.29, 1.82) is 0 Å². The van der Waals surface area contributed by atoms with Gasteiger partial charge < -0.3 is 19.7 Å². The molecule has 148 valence electrons. The van der Waals surface area contributed by atoms with Crippen molar-refractivity contribution in [3.63, 3.8) is 0 Å². The molecule has 3 rings (SSSR count). The van der Waals surface area contributed by atoms with Crippen molar-refractivity contribution in [2.45, 2.75) is 26.1 Å². The third-order valence-electron chi connectivity index (χ3n) is 4.33. The average Bonchev–Trinajstić information content (AvgIpc) is 2.67. The lowest BCUT2D eigenvalue weighted by molar-refractivity contribution is -0.118. The zero-order valence-electron chi connectivity index (χ0n) is 15.9. The first kappa shape index (κ1) is 19.8. The van der Waals surface area contributed by atoms with Crippen LogP contribution in [-0.4, -0.2) is 48.6 Å². The maximum absolute atomic E-state index is 13.6. The molecular formula is C21H23FN2O4. The van der Waals surface area contributed by atoms with E-state index < -0.39 is 11.7 Å². The molecule has 0 aliphatic carbocycles. The predicted octanol–water partition coefficient (Wildman–Crippen LogP) is 3.09. The SMILES string of the molecule is CC1CN(C(=O)c2ccccc2OCC(=O)Nc2ccccc2F)CC(C)O1. The normalized spacial score (nSPS) is 19.2. The summed E-state index contributed by atoms with van der Waals surface area (Å²) in [5, 5.41) is 2.45. The van der Waals surface area contributed by atoms with E-state index in [0.29, 0.717) is 24.4 Å². The highest BCUT2D eigenvalue weighted by atomic mass is 19.1. The number of carbonyl (C=O) groups is 2. The van der Waals surface area contributed by atoms with Crippen molar-refractivity contribution >= 4 is 17.5 Å². The van der Waals surface area contributed by atoms with Crippen LogP contribution in [0.4, 0.5) is 10.1 Å². The lowest BCUT2D eigenvalue weighted by Gasteiger charge is -2.35. The minimum atomic E-state index is -0.526. The first-order chi connectivity index (χ1) is 13.4. The molecule has 6 nitrogen and oxygen atoms in total. The minimum Gasteiger partial charge on any atom is -0.483 e. The summed E-state index contributed by atoms with van der Waals surface area (Å²) < 4.78 is 24.9. The highest BCUT2D eigenvalue weighted by Gasteiger charge is 2.28. The van der Waals surface area contributed by atoms with E-state index in [0.717, 1.165) is 0 Å². The number of carbonyl (C=O) groups excluding carboxylic acids is 2. The van der Waals surface area contributed by atoms with Crippen molar-refractivity contribution in [2.24, 2.45) is 0 Å². The Balaban J connectivity index is 1.66. The summed E-state index contributed by atoms with van der Waals surface area (Å²) in [4.78, 5) is 26.7. The Labute approximate surface area is 163 Å². The van der Waals surface area contributed by atoms with Crippen molar-refractivity contribution in [1.82, 2.24) is 4.90 Å². The number of halogens is 1. The molecule has 0 radical (unpaired) electrons. The Hall–Kier alpha value is -2.93. The highest BCUT2D eigenvalue weighted by molar-refractivity contribution is 5.97. The molecule has 2 unspecified atom stereocenters. The second-order valence-electron chi connectivity index (χ2n) is 6.78. The van der Waals surface area contributed by atoms with Gasteiger partial charge >= 0.3 is 0 Å².